The van der Waals surface area contributed by atoms with Gasteiger partial charge in [0.1, 0.15) is 0 Å². The number of carbonyl (C=O) groups is 1. The molecule has 0 aliphatic rings. The van der Waals surface area contributed by atoms with Crippen molar-refractivity contribution in [2.45, 2.75) is 27.7 Å². The topological polar surface area (TPSA) is 43.1 Å². The molecule has 1 aromatic carbocycles. The van der Waals surface area contributed by atoms with Gasteiger partial charge in [0.15, 0.2) is 0 Å². The van der Waals surface area contributed by atoms with E-state index in [2.05, 4.69) is 21.8 Å². The predicted octanol–water partition coefficient (Wildman–Crippen LogP) is 3.49. The van der Waals surface area contributed by atoms with Crippen LogP contribution >= 0.6 is 0 Å². The van der Waals surface area contributed by atoms with E-state index < -0.39 is 0 Å². The van der Waals surface area contributed by atoms with Gasteiger partial charge in [-0.15, -0.1) is 5.16 Å². The average molecular weight is 504 g/mol. The summed E-state index contributed by atoms with van der Waals surface area (Å²) >= 11 is 0. The van der Waals surface area contributed by atoms with E-state index in [1.165, 1.54) is 6.92 Å². The second-order valence-electron chi connectivity index (χ2n) is 2.85. The Morgan fingerprint density at radius 2 is 1.74 bits per heavy atom. The van der Waals surface area contributed by atoms with Crippen LogP contribution in [0, 0.1) is 19.1 Å². The molecule has 0 atom stereocenters. The smallest absolute Gasteiger partial charge is 0.0450 e. The predicted molar refractivity (Wildman–Crippen MR) is 66.7 cm³/mol. The number of benzene rings is 1. The van der Waals surface area contributed by atoms with Crippen LogP contribution < -0.4 is 0 Å². The van der Waals surface area contributed by atoms with E-state index in [9.17, 15) is 4.79 Å². The average Bonchev–Trinajstić information content (AvgIpc) is 2.82. The quantitative estimate of drug-likeness (QED) is 0.442. The van der Waals surface area contributed by atoms with Crippen molar-refractivity contribution < 1.29 is 63.1 Å². The molecule has 101 valence electrons. The van der Waals surface area contributed by atoms with Gasteiger partial charge in [-0.25, -0.2) is 0 Å². The van der Waals surface area contributed by atoms with Crippen LogP contribution in [0.1, 0.15) is 37.0 Å². The van der Waals surface area contributed by atoms with E-state index in [0.717, 1.165) is 0 Å². The third-order valence-electron chi connectivity index (χ3n) is 1.51. The molecule has 0 amide bonds. The molecule has 0 spiro atoms. The minimum absolute atomic E-state index is 0. The van der Waals surface area contributed by atoms with Crippen LogP contribution in [0.15, 0.2) is 34.9 Å². The summed E-state index contributed by atoms with van der Waals surface area (Å²) in [4.78, 5) is 10.5. The maximum Gasteiger partial charge on any atom is 0.0450 e. The first-order chi connectivity index (χ1) is 8.20. The second-order valence-corrected chi connectivity index (χ2v) is 2.85. The van der Waals surface area contributed by atoms with Gasteiger partial charge in [0.05, 0.1) is 0 Å². The minimum Gasteiger partial charge on any atom is -0.405 e. The summed E-state index contributed by atoms with van der Waals surface area (Å²) in [5, 5.41) is 3.44. The molecule has 3 nitrogen and oxygen atoms in total. The summed E-state index contributed by atoms with van der Waals surface area (Å²) in [6.45, 7) is 7.12. The number of hydrogen-bond acceptors (Lipinski definition) is 3. The fourth-order valence-corrected chi connectivity index (χ4v) is 0.821. The van der Waals surface area contributed by atoms with Gasteiger partial charge in [-0.05, 0) is 12.6 Å². The molecule has 0 bridgehead atoms. The summed E-state index contributed by atoms with van der Waals surface area (Å²) in [5.41, 5.74) is 0.271. The van der Waals surface area contributed by atoms with Crippen LogP contribution in [-0.2, 0) is 53.8 Å². The van der Waals surface area contributed by atoms with E-state index in [1.54, 1.807) is 6.92 Å². The standard InChI is InChI=1S/C6H6NO2.C6H5.C2H6.W.Y/c1-4-3-6(5(2)8)7-9-4;1-2-4-6-5-3-1;1-2;;/h1-2H3;1-5H;1-2H3;;/q2*-1;;;. The Kier molecular flexibility index (Phi) is 20.1. The molecule has 5 heteroatoms. The molecule has 1 radical (unpaired) electrons. The minimum atomic E-state index is -0.119. The van der Waals surface area contributed by atoms with Crippen molar-refractivity contribution in [2.75, 3.05) is 0 Å². The first kappa shape index (κ1) is 23.9. The van der Waals surface area contributed by atoms with Crippen LogP contribution in [-0.4, -0.2) is 10.9 Å². The Labute approximate surface area is 154 Å². The molecule has 2 rings (SSSR count). The SMILES string of the molecule is CC.CC(=O)c1[c-]c(C)on1.[W].[Y].[c-]1ccccc1. The molecule has 2 aromatic rings. The maximum absolute atomic E-state index is 10.5. The van der Waals surface area contributed by atoms with Gasteiger partial charge in [0.25, 0.3) is 0 Å². The van der Waals surface area contributed by atoms with Gasteiger partial charge in [-0.1, -0.05) is 20.8 Å². The molecule has 0 unspecified atom stereocenters. The molecule has 1 heterocycles. The number of rotatable bonds is 1. The molecule has 0 saturated carbocycles. The second kappa shape index (κ2) is 15.9. The molecule has 0 aliphatic heterocycles. The largest absolute Gasteiger partial charge is 0.405 e. The molecule has 0 aliphatic carbocycles. The molecule has 0 saturated heterocycles. The van der Waals surface area contributed by atoms with E-state index in [1.807, 2.05) is 44.2 Å². The fourth-order valence-electron chi connectivity index (χ4n) is 0.821. The molecular weight excluding hydrogens is 487 g/mol. The van der Waals surface area contributed by atoms with Crippen molar-refractivity contribution in [1.29, 1.82) is 0 Å². The van der Waals surface area contributed by atoms with Crippen molar-refractivity contribution in [3.63, 3.8) is 0 Å². The van der Waals surface area contributed by atoms with Crippen LogP contribution in [0.25, 0.3) is 0 Å². The number of hydrogen-bond donors (Lipinski definition) is 0. The van der Waals surface area contributed by atoms with Crippen LogP contribution in [0.3, 0.4) is 0 Å². The third kappa shape index (κ3) is 12.7. The van der Waals surface area contributed by atoms with Gasteiger partial charge in [-0.3, -0.25) is 0 Å². The van der Waals surface area contributed by atoms with Crippen molar-refractivity contribution in [1.82, 2.24) is 5.16 Å². The zero-order chi connectivity index (χ0) is 13.1. The van der Waals surface area contributed by atoms with Crippen molar-refractivity contribution in [2.24, 2.45) is 0 Å². The number of carbonyl (C=O) groups excluding carboxylic acids is 1. The summed E-state index contributed by atoms with van der Waals surface area (Å²) in [7, 11) is 0. The van der Waals surface area contributed by atoms with Crippen molar-refractivity contribution >= 4 is 5.78 Å². The fraction of sp³-hybridized carbons (Fsp3) is 0.286. The Morgan fingerprint density at radius 1 is 1.21 bits per heavy atom. The van der Waals surface area contributed by atoms with E-state index in [-0.39, 0.29) is 65.3 Å². The van der Waals surface area contributed by atoms with E-state index >= 15 is 0 Å². The van der Waals surface area contributed by atoms with Crippen molar-refractivity contribution in [3.05, 3.63) is 53.9 Å². The summed E-state index contributed by atoms with van der Waals surface area (Å²) in [6, 6.07) is 15.1. The summed E-state index contributed by atoms with van der Waals surface area (Å²) < 4.78 is 4.60. The molecule has 1 aromatic heterocycles. The Morgan fingerprint density at radius 3 is 1.89 bits per heavy atom. The van der Waals surface area contributed by atoms with Crippen LogP contribution in [0.5, 0.6) is 0 Å². The van der Waals surface area contributed by atoms with Gasteiger partial charge in [0, 0.05) is 65.3 Å². The molecular formula is C14H17NO2WY-2. The zero-order valence-corrected chi connectivity index (χ0v) is 17.4. The van der Waals surface area contributed by atoms with E-state index in [0.29, 0.717) is 5.76 Å². The Bertz CT molecular complexity index is 392. The van der Waals surface area contributed by atoms with Crippen molar-refractivity contribution in [3.8, 4) is 0 Å². The van der Waals surface area contributed by atoms with Gasteiger partial charge in [-0.2, -0.15) is 42.5 Å². The van der Waals surface area contributed by atoms with Gasteiger partial charge < -0.3 is 9.32 Å². The number of aromatic nitrogens is 1. The summed E-state index contributed by atoms with van der Waals surface area (Å²) in [6.07, 6.45) is 0. The molecule has 0 N–H and O–H groups in total. The summed E-state index contributed by atoms with van der Waals surface area (Å²) in [5.74, 6) is 0.423. The maximum atomic E-state index is 10.5. The monoisotopic (exact) mass is 504 g/mol. The number of aryl methyl sites for hydroxylation is 1. The molecule has 19 heavy (non-hydrogen) atoms. The first-order valence-corrected chi connectivity index (χ1v) is 5.48. The number of nitrogens with zero attached hydrogens (tertiary/aromatic N) is 1. The normalized spacial score (nSPS) is 7.37. The van der Waals surface area contributed by atoms with Gasteiger partial charge in [0.2, 0.25) is 0 Å². The third-order valence-corrected chi connectivity index (χ3v) is 1.51. The Balaban J connectivity index is -0.000000227. The zero-order valence-electron chi connectivity index (χ0n) is 11.6. The first-order valence-electron chi connectivity index (χ1n) is 5.48. The number of Topliss-reactive ketones (excluding diaryl/α,β-unsaturated/α-hetero) is 1. The van der Waals surface area contributed by atoms with Crippen LogP contribution in [0.4, 0.5) is 0 Å². The van der Waals surface area contributed by atoms with Gasteiger partial charge >= 0.3 is 0 Å². The Hall–Kier alpha value is -0.108. The van der Waals surface area contributed by atoms with Crippen LogP contribution in [0.2, 0.25) is 0 Å². The molecule has 0 fully saturated rings. The number of ketones is 1. The van der Waals surface area contributed by atoms with E-state index in [4.69, 9.17) is 0 Å².